The third-order valence-electron chi connectivity index (χ3n) is 3.90. The van der Waals surface area contributed by atoms with E-state index in [-0.39, 0.29) is 11.9 Å². The summed E-state index contributed by atoms with van der Waals surface area (Å²) < 4.78 is 7.40. The van der Waals surface area contributed by atoms with E-state index in [4.69, 9.17) is 4.74 Å². The molecule has 1 aliphatic heterocycles. The zero-order valence-corrected chi connectivity index (χ0v) is 13.3. The second kappa shape index (κ2) is 7.56. The molecule has 1 N–H and O–H groups in total. The van der Waals surface area contributed by atoms with Gasteiger partial charge in [0.05, 0.1) is 18.9 Å². The first kappa shape index (κ1) is 16.0. The highest BCUT2D eigenvalue weighted by Gasteiger charge is 2.27. The summed E-state index contributed by atoms with van der Waals surface area (Å²) in [5.41, 5.74) is 2.20. The molecule has 2 heterocycles. The first-order chi connectivity index (χ1) is 10.1. The first-order valence-electron chi connectivity index (χ1n) is 7.72. The van der Waals surface area contributed by atoms with Crippen LogP contribution in [0.3, 0.4) is 0 Å². The van der Waals surface area contributed by atoms with Gasteiger partial charge in [0.2, 0.25) is 5.91 Å². The topological polar surface area (TPSA) is 59.4 Å². The summed E-state index contributed by atoms with van der Waals surface area (Å²) in [6.45, 7) is 10.6. The van der Waals surface area contributed by atoms with E-state index in [0.717, 1.165) is 44.0 Å². The molecule has 1 fully saturated rings. The molecule has 0 radical (unpaired) electrons. The summed E-state index contributed by atoms with van der Waals surface area (Å²) in [6, 6.07) is 1.93. The Morgan fingerprint density at radius 3 is 3.00 bits per heavy atom. The number of hydrogen-bond acceptors (Lipinski definition) is 4. The van der Waals surface area contributed by atoms with Crippen LogP contribution in [0.4, 0.5) is 0 Å². The molecule has 21 heavy (non-hydrogen) atoms. The number of ether oxygens (including phenoxy) is 1. The summed E-state index contributed by atoms with van der Waals surface area (Å²) >= 11 is 0. The molecule has 1 saturated heterocycles. The molecule has 0 aliphatic carbocycles. The molecule has 1 aromatic rings. The number of nitrogens with one attached hydrogen (secondary N) is 1. The molecule has 1 aromatic heterocycles. The number of aromatic nitrogens is 2. The fourth-order valence-corrected chi connectivity index (χ4v) is 2.72. The minimum absolute atomic E-state index is 0.0740. The van der Waals surface area contributed by atoms with Crippen LogP contribution in [0.5, 0.6) is 0 Å². The number of amides is 1. The largest absolute Gasteiger partial charge is 0.378 e. The quantitative estimate of drug-likeness (QED) is 0.786. The van der Waals surface area contributed by atoms with Crippen LogP contribution in [-0.2, 0) is 16.1 Å². The van der Waals surface area contributed by atoms with Crippen LogP contribution in [0, 0.1) is 13.8 Å². The molecule has 118 valence electrons. The van der Waals surface area contributed by atoms with E-state index in [0.29, 0.717) is 13.2 Å². The Balaban J connectivity index is 1.72. The van der Waals surface area contributed by atoms with Crippen LogP contribution in [0.2, 0.25) is 0 Å². The number of hydrogen-bond donors (Lipinski definition) is 1. The Morgan fingerprint density at radius 2 is 2.33 bits per heavy atom. The number of aryl methyl sites for hydroxylation is 3. The van der Waals surface area contributed by atoms with Gasteiger partial charge < -0.3 is 10.1 Å². The minimum Gasteiger partial charge on any atom is -0.378 e. The van der Waals surface area contributed by atoms with Gasteiger partial charge in [0.15, 0.2) is 0 Å². The summed E-state index contributed by atoms with van der Waals surface area (Å²) in [5, 5.41) is 7.43. The van der Waals surface area contributed by atoms with Crippen molar-refractivity contribution in [2.45, 2.75) is 39.8 Å². The molecule has 2 rings (SSSR count). The lowest BCUT2D eigenvalue weighted by atomic mass is 10.2. The summed E-state index contributed by atoms with van der Waals surface area (Å²) in [4.78, 5) is 14.4. The van der Waals surface area contributed by atoms with E-state index in [1.165, 1.54) is 0 Å². The number of carbonyl (C=O) groups is 1. The lowest BCUT2D eigenvalue weighted by Crippen LogP contribution is -2.53. The number of rotatable bonds is 6. The standard InChI is InChI=1S/C15H26N4O2/c1-4-18-8-9-21-11-14(18)15(20)16-6-5-7-19-13(3)10-12(2)17-19/h10,14H,4-9,11H2,1-3H3,(H,16,20). The zero-order valence-electron chi connectivity index (χ0n) is 13.3. The van der Waals surface area contributed by atoms with Crippen molar-refractivity contribution < 1.29 is 9.53 Å². The van der Waals surface area contributed by atoms with Gasteiger partial charge in [0, 0.05) is 25.3 Å². The molecular weight excluding hydrogens is 268 g/mol. The number of morpholine rings is 1. The van der Waals surface area contributed by atoms with E-state index < -0.39 is 0 Å². The summed E-state index contributed by atoms with van der Waals surface area (Å²) in [7, 11) is 0. The molecule has 6 heteroatoms. The molecule has 0 saturated carbocycles. The Bertz CT molecular complexity index is 472. The molecule has 1 atom stereocenters. The van der Waals surface area contributed by atoms with E-state index in [9.17, 15) is 4.79 Å². The maximum Gasteiger partial charge on any atom is 0.239 e. The Morgan fingerprint density at radius 1 is 1.52 bits per heavy atom. The van der Waals surface area contributed by atoms with Gasteiger partial charge in [0.1, 0.15) is 6.04 Å². The SMILES string of the molecule is CCN1CCOCC1C(=O)NCCCn1nc(C)cc1C. The van der Waals surface area contributed by atoms with Crippen LogP contribution >= 0.6 is 0 Å². The smallest absolute Gasteiger partial charge is 0.239 e. The van der Waals surface area contributed by atoms with Gasteiger partial charge in [-0.3, -0.25) is 14.4 Å². The average Bonchev–Trinajstić information content (AvgIpc) is 2.81. The van der Waals surface area contributed by atoms with Gasteiger partial charge in [0.25, 0.3) is 0 Å². The van der Waals surface area contributed by atoms with Crippen LogP contribution in [0.15, 0.2) is 6.07 Å². The molecule has 0 aromatic carbocycles. The predicted octanol–water partition coefficient (Wildman–Crippen LogP) is 0.727. The van der Waals surface area contributed by atoms with Crippen molar-refractivity contribution in [3.05, 3.63) is 17.5 Å². The van der Waals surface area contributed by atoms with Gasteiger partial charge in [-0.25, -0.2) is 0 Å². The van der Waals surface area contributed by atoms with Gasteiger partial charge in [-0.15, -0.1) is 0 Å². The second-order valence-corrected chi connectivity index (χ2v) is 5.51. The van der Waals surface area contributed by atoms with Crippen molar-refractivity contribution in [1.82, 2.24) is 20.0 Å². The van der Waals surface area contributed by atoms with Crippen molar-refractivity contribution in [1.29, 1.82) is 0 Å². The number of carbonyl (C=O) groups excluding carboxylic acids is 1. The normalized spacial score (nSPS) is 19.7. The lowest BCUT2D eigenvalue weighted by molar-refractivity contribution is -0.132. The third kappa shape index (κ3) is 4.28. The first-order valence-corrected chi connectivity index (χ1v) is 7.72. The fourth-order valence-electron chi connectivity index (χ4n) is 2.72. The molecule has 1 aliphatic rings. The van der Waals surface area contributed by atoms with E-state index in [1.807, 2.05) is 11.6 Å². The Hall–Kier alpha value is -1.40. The van der Waals surface area contributed by atoms with Crippen LogP contribution < -0.4 is 5.32 Å². The minimum atomic E-state index is -0.141. The van der Waals surface area contributed by atoms with Gasteiger partial charge in [-0.2, -0.15) is 5.10 Å². The zero-order chi connectivity index (χ0) is 15.2. The average molecular weight is 294 g/mol. The highest BCUT2D eigenvalue weighted by molar-refractivity contribution is 5.81. The molecule has 1 amide bonds. The Kier molecular flexibility index (Phi) is 5.76. The van der Waals surface area contributed by atoms with Gasteiger partial charge in [-0.05, 0) is 32.9 Å². The molecule has 1 unspecified atom stereocenters. The van der Waals surface area contributed by atoms with Crippen molar-refractivity contribution in [2.75, 3.05) is 32.8 Å². The molecular formula is C15H26N4O2. The van der Waals surface area contributed by atoms with Crippen molar-refractivity contribution >= 4 is 5.91 Å². The fraction of sp³-hybridized carbons (Fsp3) is 0.733. The molecule has 6 nitrogen and oxygen atoms in total. The third-order valence-corrected chi connectivity index (χ3v) is 3.90. The predicted molar refractivity (Wildman–Crippen MR) is 81.2 cm³/mol. The molecule has 0 spiro atoms. The monoisotopic (exact) mass is 294 g/mol. The van der Waals surface area contributed by atoms with Gasteiger partial charge in [-0.1, -0.05) is 6.92 Å². The number of nitrogens with zero attached hydrogens (tertiary/aromatic N) is 3. The summed E-state index contributed by atoms with van der Waals surface area (Å²) in [6.07, 6.45) is 0.882. The van der Waals surface area contributed by atoms with Crippen LogP contribution in [-0.4, -0.2) is 59.5 Å². The Labute approximate surface area is 126 Å². The molecule has 0 bridgehead atoms. The van der Waals surface area contributed by atoms with E-state index in [1.54, 1.807) is 0 Å². The van der Waals surface area contributed by atoms with Crippen molar-refractivity contribution in [3.8, 4) is 0 Å². The van der Waals surface area contributed by atoms with Crippen LogP contribution in [0.1, 0.15) is 24.7 Å². The van der Waals surface area contributed by atoms with Gasteiger partial charge >= 0.3 is 0 Å². The van der Waals surface area contributed by atoms with Crippen LogP contribution in [0.25, 0.3) is 0 Å². The second-order valence-electron chi connectivity index (χ2n) is 5.51. The summed E-state index contributed by atoms with van der Waals surface area (Å²) in [5.74, 6) is 0.0740. The lowest BCUT2D eigenvalue weighted by Gasteiger charge is -2.33. The highest BCUT2D eigenvalue weighted by atomic mass is 16.5. The van der Waals surface area contributed by atoms with E-state index >= 15 is 0 Å². The maximum atomic E-state index is 12.2. The van der Waals surface area contributed by atoms with Crippen molar-refractivity contribution in [3.63, 3.8) is 0 Å². The van der Waals surface area contributed by atoms with Crippen molar-refractivity contribution in [2.24, 2.45) is 0 Å². The number of likely N-dealkylation sites (N-methyl/N-ethyl adjacent to an activating group) is 1. The maximum absolute atomic E-state index is 12.2. The highest BCUT2D eigenvalue weighted by Crippen LogP contribution is 2.06. The van der Waals surface area contributed by atoms with E-state index in [2.05, 4.69) is 35.2 Å².